The zero-order valence-electron chi connectivity index (χ0n) is 10.6. The summed E-state index contributed by atoms with van der Waals surface area (Å²) in [7, 11) is 0. The summed E-state index contributed by atoms with van der Waals surface area (Å²) in [4.78, 5) is 22.8. The zero-order chi connectivity index (χ0) is 15.4. The first-order chi connectivity index (χ1) is 9.94. The first-order valence-corrected chi connectivity index (χ1v) is 6.98. The molecule has 7 heteroatoms. The molecule has 0 spiro atoms. The van der Waals surface area contributed by atoms with Gasteiger partial charge in [0.25, 0.3) is 0 Å². The highest BCUT2D eigenvalue weighted by Crippen LogP contribution is 2.20. The predicted octanol–water partition coefficient (Wildman–Crippen LogP) is 4.44. The van der Waals surface area contributed by atoms with Crippen molar-refractivity contribution in [3.8, 4) is 0 Å². The summed E-state index contributed by atoms with van der Waals surface area (Å²) in [6, 6.07) is 10.6. The van der Waals surface area contributed by atoms with Gasteiger partial charge in [0.2, 0.25) is 0 Å². The van der Waals surface area contributed by atoms with E-state index >= 15 is 0 Å². The quantitative estimate of drug-likeness (QED) is 0.748. The van der Waals surface area contributed by atoms with Crippen molar-refractivity contribution in [1.29, 1.82) is 0 Å². The van der Waals surface area contributed by atoms with E-state index in [4.69, 9.17) is 16.7 Å². The van der Waals surface area contributed by atoms with Gasteiger partial charge in [-0.05, 0) is 36.4 Å². The largest absolute Gasteiger partial charge is 0.478 e. The van der Waals surface area contributed by atoms with E-state index in [1.807, 2.05) is 0 Å². The lowest BCUT2D eigenvalue weighted by atomic mass is 10.2. The molecule has 2 aromatic rings. The number of carbonyl (C=O) groups is 2. The number of rotatable bonds is 3. The Morgan fingerprint density at radius 3 is 2.43 bits per heavy atom. The summed E-state index contributed by atoms with van der Waals surface area (Å²) < 4.78 is 0.556. The minimum Gasteiger partial charge on any atom is -0.478 e. The minimum atomic E-state index is -1.07. The van der Waals surface area contributed by atoms with Crippen molar-refractivity contribution in [2.24, 2.45) is 0 Å². The van der Waals surface area contributed by atoms with E-state index in [0.717, 1.165) is 0 Å². The number of nitrogens with one attached hydrogen (secondary N) is 2. The highest BCUT2D eigenvalue weighted by Gasteiger charge is 2.08. The Bertz CT molecular complexity index is 706. The number of carboxylic acids is 1. The highest BCUT2D eigenvalue weighted by molar-refractivity contribution is 9.10. The second-order valence-electron chi connectivity index (χ2n) is 4.12. The van der Waals surface area contributed by atoms with Crippen molar-refractivity contribution in [3.05, 3.63) is 57.5 Å². The van der Waals surface area contributed by atoms with Gasteiger partial charge in [0.05, 0.1) is 5.56 Å². The highest BCUT2D eigenvalue weighted by atomic mass is 79.9. The van der Waals surface area contributed by atoms with Crippen molar-refractivity contribution in [2.45, 2.75) is 0 Å². The molecule has 0 saturated carbocycles. The maximum absolute atomic E-state index is 11.9. The van der Waals surface area contributed by atoms with Crippen LogP contribution in [0.1, 0.15) is 10.4 Å². The van der Waals surface area contributed by atoms with Crippen molar-refractivity contribution < 1.29 is 14.7 Å². The summed E-state index contributed by atoms with van der Waals surface area (Å²) >= 11 is 9.02. The summed E-state index contributed by atoms with van der Waals surface area (Å²) in [5.74, 6) is -1.07. The van der Waals surface area contributed by atoms with Crippen molar-refractivity contribution in [3.63, 3.8) is 0 Å². The molecule has 0 heterocycles. The number of carbonyl (C=O) groups excluding carboxylic acids is 1. The Balaban J connectivity index is 2.11. The standard InChI is InChI=1S/C14H10BrClN2O3/c15-9-4-8(13(19)20)5-12(6-9)18-14(21)17-11-3-1-2-10(16)7-11/h1-7H,(H,19,20)(H2,17,18,21). The van der Waals surface area contributed by atoms with Gasteiger partial charge in [-0.1, -0.05) is 33.6 Å². The van der Waals surface area contributed by atoms with E-state index in [1.165, 1.54) is 12.1 Å². The van der Waals surface area contributed by atoms with E-state index in [0.29, 0.717) is 20.9 Å². The first-order valence-electron chi connectivity index (χ1n) is 5.81. The van der Waals surface area contributed by atoms with Crippen LogP contribution in [0.4, 0.5) is 16.2 Å². The van der Waals surface area contributed by atoms with E-state index in [9.17, 15) is 9.59 Å². The molecule has 3 N–H and O–H groups in total. The molecule has 5 nitrogen and oxygen atoms in total. The number of hydrogen-bond donors (Lipinski definition) is 3. The van der Waals surface area contributed by atoms with Crippen molar-refractivity contribution in [2.75, 3.05) is 10.6 Å². The van der Waals surface area contributed by atoms with Crippen LogP contribution in [0, 0.1) is 0 Å². The monoisotopic (exact) mass is 368 g/mol. The third-order valence-electron chi connectivity index (χ3n) is 2.49. The van der Waals surface area contributed by atoms with Gasteiger partial charge in [-0.2, -0.15) is 0 Å². The van der Waals surface area contributed by atoms with Crippen LogP contribution >= 0.6 is 27.5 Å². The molecule has 0 aliphatic carbocycles. The third kappa shape index (κ3) is 4.47. The summed E-state index contributed by atoms with van der Waals surface area (Å²) in [5, 5.41) is 14.6. The third-order valence-corrected chi connectivity index (χ3v) is 3.18. The van der Waals surface area contributed by atoms with E-state index < -0.39 is 12.0 Å². The number of hydrogen-bond acceptors (Lipinski definition) is 2. The van der Waals surface area contributed by atoms with Crippen LogP contribution in [0.25, 0.3) is 0 Å². The topological polar surface area (TPSA) is 78.4 Å². The smallest absolute Gasteiger partial charge is 0.335 e. The second-order valence-corrected chi connectivity index (χ2v) is 5.48. The maximum Gasteiger partial charge on any atom is 0.335 e. The van der Waals surface area contributed by atoms with Crippen molar-refractivity contribution >= 4 is 50.9 Å². The Hall–Kier alpha value is -2.05. The Labute approximate surface area is 134 Å². The molecule has 2 aromatic carbocycles. The predicted molar refractivity (Wildman–Crippen MR) is 85.2 cm³/mol. The number of carboxylic acid groups (broad SMARTS) is 1. The summed E-state index contributed by atoms with van der Waals surface area (Å²) in [5.41, 5.74) is 0.970. The SMILES string of the molecule is O=C(Nc1cccc(Cl)c1)Nc1cc(Br)cc(C(=O)O)c1. The minimum absolute atomic E-state index is 0.0717. The number of halogens is 2. The molecule has 2 amide bonds. The van der Waals surface area contributed by atoms with Gasteiger partial charge in [-0.15, -0.1) is 0 Å². The fourth-order valence-corrected chi connectivity index (χ4v) is 2.33. The van der Waals surface area contributed by atoms with Crippen LogP contribution in [0.5, 0.6) is 0 Å². The van der Waals surface area contributed by atoms with Gasteiger partial charge in [0.15, 0.2) is 0 Å². The summed E-state index contributed by atoms with van der Waals surface area (Å²) in [6.07, 6.45) is 0. The molecular formula is C14H10BrClN2O3. The molecule has 0 aromatic heterocycles. The average molecular weight is 370 g/mol. The molecule has 21 heavy (non-hydrogen) atoms. The van der Waals surface area contributed by atoms with Gasteiger partial charge in [-0.25, -0.2) is 9.59 Å². The Morgan fingerprint density at radius 2 is 1.76 bits per heavy atom. The molecular weight excluding hydrogens is 360 g/mol. The molecule has 0 aliphatic rings. The van der Waals surface area contributed by atoms with Crippen LogP contribution in [-0.4, -0.2) is 17.1 Å². The van der Waals surface area contributed by atoms with Crippen LogP contribution in [0.15, 0.2) is 46.9 Å². The number of anilines is 2. The maximum atomic E-state index is 11.9. The van der Waals surface area contributed by atoms with Crippen LogP contribution in [-0.2, 0) is 0 Å². The number of aromatic carboxylic acids is 1. The average Bonchev–Trinajstić information content (AvgIpc) is 2.37. The molecule has 108 valence electrons. The fourth-order valence-electron chi connectivity index (χ4n) is 1.64. The first kappa shape index (κ1) is 15.3. The second kappa shape index (κ2) is 6.60. The van der Waals surface area contributed by atoms with Crippen LogP contribution in [0.2, 0.25) is 5.02 Å². The van der Waals surface area contributed by atoms with Gasteiger partial charge >= 0.3 is 12.0 Å². The zero-order valence-corrected chi connectivity index (χ0v) is 12.9. The van der Waals surface area contributed by atoms with E-state index in [2.05, 4.69) is 26.6 Å². The van der Waals surface area contributed by atoms with E-state index in [1.54, 1.807) is 30.3 Å². The lowest BCUT2D eigenvalue weighted by Crippen LogP contribution is -2.19. The molecule has 0 atom stereocenters. The molecule has 0 unspecified atom stereocenters. The lowest BCUT2D eigenvalue weighted by molar-refractivity contribution is 0.0697. The number of urea groups is 1. The number of benzene rings is 2. The molecule has 0 fully saturated rings. The fraction of sp³-hybridized carbons (Fsp3) is 0. The number of amides is 2. The van der Waals surface area contributed by atoms with Gasteiger partial charge < -0.3 is 15.7 Å². The lowest BCUT2D eigenvalue weighted by Gasteiger charge is -2.09. The molecule has 0 radical (unpaired) electrons. The van der Waals surface area contributed by atoms with Crippen molar-refractivity contribution in [1.82, 2.24) is 0 Å². The molecule has 0 saturated heterocycles. The molecule has 0 bridgehead atoms. The normalized spacial score (nSPS) is 10.0. The Morgan fingerprint density at radius 1 is 1.05 bits per heavy atom. The van der Waals surface area contributed by atoms with E-state index in [-0.39, 0.29) is 5.56 Å². The van der Waals surface area contributed by atoms with Gasteiger partial charge in [-0.3, -0.25) is 0 Å². The van der Waals surface area contributed by atoms with Crippen LogP contribution in [0.3, 0.4) is 0 Å². The van der Waals surface area contributed by atoms with Crippen LogP contribution < -0.4 is 10.6 Å². The van der Waals surface area contributed by atoms with Gasteiger partial charge in [0.1, 0.15) is 0 Å². The molecule has 2 rings (SSSR count). The Kier molecular flexibility index (Phi) is 4.82. The summed E-state index contributed by atoms with van der Waals surface area (Å²) in [6.45, 7) is 0. The molecule has 0 aliphatic heterocycles. The van der Waals surface area contributed by atoms with Gasteiger partial charge in [0, 0.05) is 20.9 Å².